The van der Waals surface area contributed by atoms with E-state index in [0.717, 1.165) is 0 Å². The molecule has 1 aromatic rings. The largest absolute Gasteiger partial charge is 0.377 e. The monoisotopic (exact) mass is 249 g/mol. The topological polar surface area (TPSA) is 21.3 Å². The molecule has 0 saturated carbocycles. The van der Waals surface area contributed by atoms with Gasteiger partial charge in [0.1, 0.15) is 0 Å². The molecule has 0 saturated heterocycles. The van der Waals surface area contributed by atoms with Crippen LogP contribution in [0.5, 0.6) is 0 Å². The number of hydrogen-bond donors (Lipinski definition) is 1. The molecular weight excluding hydrogens is 222 g/mol. The first kappa shape index (κ1) is 15.2. The third-order valence-electron chi connectivity index (χ3n) is 3.12. The molecule has 102 valence electrons. The van der Waals surface area contributed by atoms with E-state index in [1.807, 2.05) is 7.05 Å². The Labute approximate surface area is 112 Å². The summed E-state index contributed by atoms with van der Waals surface area (Å²) in [5, 5.41) is 3.31. The summed E-state index contributed by atoms with van der Waals surface area (Å²) >= 11 is 0. The maximum atomic E-state index is 5.68. The van der Waals surface area contributed by atoms with Crippen molar-refractivity contribution < 1.29 is 4.74 Å². The number of likely N-dealkylation sites (N-methyl/N-ethyl adjacent to an activating group) is 1. The maximum Gasteiger partial charge on any atom is 0.0664 e. The third-order valence-corrected chi connectivity index (χ3v) is 3.12. The van der Waals surface area contributed by atoms with Crippen molar-refractivity contribution in [3.05, 3.63) is 35.4 Å². The molecule has 0 aliphatic rings. The van der Waals surface area contributed by atoms with Crippen LogP contribution >= 0.6 is 0 Å². The lowest BCUT2D eigenvalue weighted by molar-refractivity contribution is 0.0626. The van der Waals surface area contributed by atoms with Gasteiger partial charge in [-0.15, -0.1) is 0 Å². The van der Waals surface area contributed by atoms with Gasteiger partial charge in [-0.25, -0.2) is 0 Å². The Hall–Kier alpha value is -0.860. The van der Waals surface area contributed by atoms with Gasteiger partial charge in [0.15, 0.2) is 0 Å². The lowest BCUT2D eigenvalue weighted by atomic mass is 9.86. The predicted octanol–water partition coefficient (Wildman–Crippen LogP) is 3.67. The quantitative estimate of drug-likeness (QED) is 0.859. The number of rotatable bonds is 5. The van der Waals surface area contributed by atoms with E-state index in [-0.39, 0.29) is 17.6 Å². The van der Waals surface area contributed by atoms with Crippen molar-refractivity contribution in [1.29, 1.82) is 0 Å². The number of benzene rings is 1. The van der Waals surface area contributed by atoms with Crippen LogP contribution in [-0.2, 0) is 10.2 Å². The van der Waals surface area contributed by atoms with Crippen LogP contribution in [0.2, 0.25) is 0 Å². The highest BCUT2D eigenvalue weighted by Gasteiger charge is 2.15. The smallest absolute Gasteiger partial charge is 0.0664 e. The molecule has 1 N–H and O–H groups in total. The molecular formula is C16H27NO. The zero-order valence-corrected chi connectivity index (χ0v) is 12.6. The van der Waals surface area contributed by atoms with Crippen molar-refractivity contribution >= 4 is 0 Å². The van der Waals surface area contributed by atoms with E-state index in [4.69, 9.17) is 4.74 Å². The standard InChI is InChI=1S/C16H27NO/c1-12(2)18-11-15(17-6)13-7-9-14(10-8-13)16(3,4)5/h7-10,12,15,17H,11H2,1-6H3. The van der Waals surface area contributed by atoms with Crippen LogP contribution in [-0.4, -0.2) is 19.8 Å². The van der Waals surface area contributed by atoms with Crippen molar-refractivity contribution in [2.45, 2.75) is 52.2 Å². The maximum absolute atomic E-state index is 5.68. The number of nitrogens with one attached hydrogen (secondary N) is 1. The van der Waals surface area contributed by atoms with Gasteiger partial charge in [0, 0.05) is 0 Å². The molecule has 2 nitrogen and oxygen atoms in total. The molecule has 1 unspecified atom stereocenters. The van der Waals surface area contributed by atoms with Gasteiger partial charge in [-0.1, -0.05) is 45.0 Å². The second-order valence-electron chi connectivity index (χ2n) is 6.10. The molecule has 0 aromatic heterocycles. The lowest BCUT2D eigenvalue weighted by Crippen LogP contribution is -2.23. The van der Waals surface area contributed by atoms with Gasteiger partial charge in [-0.3, -0.25) is 0 Å². The minimum absolute atomic E-state index is 0.210. The normalized spacial score (nSPS) is 13.9. The minimum atomic E-state index is 0.210. The molecule has 1 rings (SSSR count). The number of ether oxygens (including phenoxy) is 1. The van der Waals surface area contributed by atoms with Crippen LogP contribution in [0.3, 0.4) is 0 Å². The number of hydrogen-bond acceptors (Lipinski definition) is 2. The zero-order chi connectivity index (χ0) is 13.8. The summed E-state index contributed by atoms with van der Waals surface area (Å²) in [4.78, 5) is 0. The van der Waals surface area contributed by atoms with E-state index in [1.165, 1.54) is 11.1 Å². The summed E-state index contributed by atoms with van der Waals surface area (Å²) in [6, 6.07) is 9.10. The van der Waals surface area contributed by atoms with Gasteiger partial charge < -0.3 is 10.1 Å². The second kappa shape index (κ2) is 6.35. The van der Waals surface area contributed by atoms with E-state index >= 15 is 0 Å². The summed E-state index contributed by atoms with van der Waals surface area (Å²) < 4.78 is 5.68. The van der Waals surface area contributed by atoms with Crippen LogP contribution in [0.25, 0.3) is 0 Å². The molecule has 0 spiro atoms. The van der Waals surface area contributed by atoms with Crippen LogP contribution in [0.4, 0.5) is 0 Å². The summed E-state index contributed by atoms with van der Waals surface area (Å²) in [7, 11) is 1.98. The molecule has 0 fully saturated rings. The summed E-state index contributed by atoms with van der Waals surface area (Å²) in [5.74, 6) is 0. The molecule has 18 heavy (non-hydrogen) atoms. The first-order valence-corrected chi connectivity index (χ1v) is 6.74. The van der Waals surface area contributed by atoms with Crippen molar-refractivity contribution in [3.63, 3.8) is 0 Å². The molecule has 0 heterocycles. The fourth-order valence-electron chi connectivity index (χ4n) is 1.85. The Morgan fingerprint density at radius 2 is 1.67 bits per heavy atom. The molecule has 0 radical (unpaired) electrons. The van der Waals surface area contributed by atoms with Gasteiger partial charge in [-0.05, 0) is 37.4 Å². The molecule has 0 aliphatic carbocycles. The first-order chi connectivity index (χ1) is 8.34. The van der Waals surface area contributed by atoms with Crippen LogP contribution in [0, 0.1) is 0 Å². The first-order valence-electron chi connectivity index (χ1n) is 6.74. The van der Waals surface area contributed by atoms with E-state index in [1.54, 1.807) is 0 Å². The third kappa shape index (κ3) is 4.43. The van der Waals surface area contributed by atoms with E-state index in [2.05, 4.69) is 64.2 Å². The Balaban J connectivity index is 2.76. The average molecular weight is 249 g/mol. The molecule has 0 aliphatic heterocycles. The van der Waals surface area contributed by atoms with Crippen LogP contribution < -0.4 is 5.32 Å². The lowest BCUT2D eigenvalue weighted by Gasteiger charge is -2.22. The average Bonchev–Trinajstić information content (AvgIpc) is 2.29. The van der Waals surface area contributed by atoms with E-state index in [0.29, 0.717) is 6.61 Å². The van der Waals surface area contributed by atoms with Gasteiger partial charge in [0.2, 0.25) is 0 Å². The SMILES string of the molecule is CNC(COC(C)C)c1ccc(C(C)(C)C)cc1. The Bertz CT molecular complexity index is 348. The fraction of sp³-hybridized carbons (Fsp3) is 0.625. The van der Waals surface area contributed by atoms with E-state index in [9.17, 15) is 0 Å². The van der Waals surface area contributed by atoms with Crippen LogP contribution in [0.15, 0.2) is 24.3 Å². The van der Waals surface area contributed by atoms with Crippen molar-refractivity contribution in [3.8, 4) is 0 Å². The minimum Gasteiger partial charge on any atom is -0.377 e. The van der Waals surface area contributed by atoms with Crippen molar-refractivity contribution in [2.75, 3.05) is 13.7 Å². The van der Waals surface area contributed by atoms with Gasteiger partial charge >= 0.3 is 0 Å². The molecule has 1 aromatic carbocycles. The summed E-state index contributed by atoms with van der Waals surface area (Å²) in [6.45, 7) is 11.5. The van der Waals surface area contributed by atoms with Gasteiger partial charge in [0.25, 0.3) is 0 Å². The van der Waals surface area contributed by atoms with Gasteiger partial charge in [-0.2, -0.15) is 0 Å². The van der Waals surface area contributed by atoms with Gasteiger partial charge in [0.05, 0.1) is 18.8 Å². The Morgan fingerprint density at radius 1 is 1.11 bits per heavy atom. The predicted molar refractivity (Wildman–Crippen MR) is 78.0 cm³/mol. The van der Waals surface area contributed by atoms with Crippen molar-refractivity contribution in [1.82, 2.24) is 5.32 Å². The second-order valence-corrected chi connectivity index (χ2v) is 6.10. The summed E-state index contributed by atoms with van der Waals surface area (Å²) in [5.41, 5.74) is 2.86. The molecule has 0 amide bonds. The van der Waals surface area contributed by atoms with Crippen molar-refractivity contribution in [2.24, 2.45) is 0 Å². The fourth-order valence-corrected chi connectivity index (χ4v) is 1.85. The highest BCUT2D eigenvalue weighted by atomic mass is 16.5. The molecule has 2 heteroatoms. The molecule has 1 atom stereocenters. The molecule has 0 bridgehead atoms. The van der Waals surface area contributed by atoms with E-state index < -0.39 is 0 Å². The summed E-state index contributed by atoms with van der Waals surface area (Å²) in [6.07, 6.45) is 0.273. The zero-order valence-electron chi connectivity index (χ0n) is 12.6. The Kier molecular flexibility index (Phi) is 5.36. The highest BCUT2D eigenvalue weighted by Crippen LogP contribution is 2.24. The highest BCUT2D eigenvalue weighted by molar-refractivity contribution is 5.29. The van der Waals surface area contributed by atoms with Crippen LogP contribution in [0.1, 0.15) is 51.8 Å². The Morgan fingerprint density at radius 3 is 2.06 bits per heavy atom.